The second-order valence-electron chi connectivity index (χ2n) is 4.78. The third-order valence-corrected chi connectivity index (χ3v) is 4.83. The van der Waals surface area contributed by atoms with E-state index < -0.39 is 0 Å². The lowest BCUT2D eigenvalue weighted by Crippen LogP contribution is -2.37. The molecule has 90 valence electrons. The van der Waals surface area contributed by atoms with E-state index in [0.29, 0.717) is 6.04 Å². The number of thiophene rings is 1. The predicted molar refractivity (Wildman–Crippen MR) is 73.9 cm³/mol. The number of halogens is 1. The number of likely N-dealkylation sites (N-methyl/N-ethyl adjacent to an activating group) is 1. The summed E-state index contributed by atoms with van der Waals surface area (Å²) in [6.45, 7) is 5.73. The number of hydrogen-bond acceptors (Lipinski definition) is 3. The van der Waals surface area contributed by atoms with Crippen LogP contribution in [0.3, 0.4) is 0 Å². The van der Waals surface area contributed by atoms with E-state index in [2.05, 4.69) is 51.6 Å². The molecule has 0 spiro atoms. The standard InChI is InChI=1S/C12H19BrN2S/c1-9-3-4-14-11(9)7-15(2)6-10-5-12(13)16-8-10/h5,8-9,11,14H,3-4,6-7H2,1-2H3. The van der Waals surface area contributed by atoms with Gasteiger partial charge >= 0.3 is 0 Å². The monoisotopic (exact) mass is 302 g/mol. The molecule has 2 atom stereocenters. The number of hydrogen-bond donors (Lipinski definition) is 1. The molecule has 0 saturated carbocycles. The fourth-order valence-corrected chi connectivity index (χ4v) is 3.48. The van der Waals surface area contributed by atoms with Crippen LogP contribution in [0.25, 0.3) is 0 Å². The van der Waals surface area contributed by atoms with Crippen LogP contribution in [0.5, 0.6) is 0 Å². The Labute approximate surface area is 110 Å². The molecule has 0 aromatic carbocycles. The largest absolute Gasteiger partial charge is 0.312 e. The van der Waals surface area contributed by atoms with Crippen LogP contribution >= 0.6 is 27.3 Å². The lowest BCUT2D eigenvalue weighted by Gasteiger charge is -2.23. The molecule has 16 heavy (non-hydrogen) atoms. The van der Waals surface area contributed by atoms with Crippen LogP contribution in [0.1, 0.15) is 18.9 Å². The first-order valence-corrected chi connectivity index (χ1v) is 7.47. The third-order valence-electron chi connectivity index (χ3n) is 3.28. The quantitative estimate of drug-likeness (QED) is 0.920. The van der Waals surface area contributed by atoms with Gasteiger partial charge in [-0.1, -0.05) is 6.92 Å². The molecule has 1 aromatic rings. The fraction of sp³-hybridized carbons (Fsp3) is 0.667. The van der Waals surface area contributed by atoms with Crippen LogP contribution < -0.4 is 5.32 Å². The van der Waals surface area contributed by atoms with Gasteiger partial charge in [-0.05, 0) is 58.9 Å². The van der Waals surface area contributed by atoms with Gasteiger partial charge in [0.05, 0.1) is 3.79 Å². The van der Waals surface area contributed by atoms with E-state index in [1.165, 1.54) is 22.3 Å². The van der Waals surface area contributed by atoms with E-state index in [-0.39, 0.29) is 0 Å². The maximum Gasteiger partial charge on any atom is 0.0701 e. The number of rotatable bonds is 4. The summed E-state index contributed by atoms with van der Waals surface area (Å²) >= 11 is 5.27. The third kappa shape index (κ3) is 3.29. The molecule has 0 radical (unpaired) electrons. The highest BCUT2D eigenvalue weighted by Gasteiger charge is 2.23. The molecule has 2 nitrogen and oxygen atoms in total. The summed E-state index contributed by atoms with van der Waals surface area (Å²) in [7, 11) is 2.21. The molecule has 2 unspecified atom stereocenters. The van der Waals surface area contributed by atoms with Gasteiger partial charge in [0, 0.05) is 19.1 Å². The Bertz CT molecular complexity index is 340. The zero-order valence-electron chi connectivity index (χ0n) is 9.87. The van der Waals surface area contributed by atoms with Gasteiger partial charge in [0.2, 0.25) is 0 Å². The van der Waals surface area contributed by atoms with Crippen molar-refractivity contribution in [3.05, 3.63) is 20.8 Å². The molecular weight excluding hydrogens is 284 g/mol. The van der Waals surface area contributed by atoms with Crippen LogP contribution in [0.2, 0.25) is 0 Å². The second kappa shape index (κ2) is 5.63. The molecule has 0 amide bonds. The molecule has 1 aromatic heterocycles. The average Bonchev–Trinajstić information content (AvgIpc) is 2.77. The summed E-state index contributed by atoms with van der Waals surface area (Å²) in [5.74, 6) is 0.816. The van der Waals surface area contributed by atoms with E-state index in [9.17, 15) is 0 Å². The molecule has 1 fully saturated rings. The van der Waals surface area contributed by atoms with E-state index >= 15 is 0 Å². The minimum absolute atomic E-state index is 0.673. The van der Waals surface area contributed by atoms with Crippen LogP contribution in [0.15, 0.2) is 15.2 Å². The highest BCUT2D eigenvalue weighted by molar-refractivity contribution is 9.11. The first-order chi connectivity index (χ1) is 7.65. The smallest absolute Gasteiger partial charge is 0.0701 e. The normalized spacial score (nSPS) is 25.5. The predicted octanol–water partition coefficient (Wildman–Crippen LogP) is 2.94. The molecule has 1 N–H and O–H groups in total. The molecular formula is C12H19BrN2S. The van der Waals surface area contributed by atoms with Gasteiger partial charge in [0.25, 0.3) is 0 Å². The Morgan fingerprint density at radius 1 is 1.62 bits per heavy atom. The van der Waals surface area contributed by atoms with Crippen molar-refractivity contribution in [2.24, 2.45) is 5.92 Å². The Hall–Kier alpha value is 0.100. The molecule has 1 aliphatic heterocycles. The summed E-state index contributed by atoms with van der Waals surface area (Å²) in [5, 5.41) is 5.81. The van der Waals surface area contributed by atoms with Gasteiger partial charge in [-0.15, -0.1) is 11.3 Å². The average molecular weight is 303 g/mol. The summed E-state index contributed by atoms with van der Waals surface area (Å²) < 4.78 is 1.23. The first kappa shape index (κ1) is 12.6. The van der Waals surface area contributed by atoms with Gasteiger partial charge in [-0.3, -0.25) is 0 Å². The van der Waals surface area contributed by atoms with Gasteiger partial charge in [-0.2, -0.15) is 0 Å². The number of nitrogens with zero attached hydrogens (tertiary/aromatic N) is 1. The highest BCUT2D eigenvalue weighted by atomic mass is 79.9. The minimum atomic E-state index is 0.673. The van der Waals surface area contributed by atoms with E-state index in [4.69, 9.17) is 0 Å². The summed E-state index contributed by atoms with van der Waals surface area (Å²) in [5.41, 5.74) is 1.41. The van der Waals surface area contributed by atoms with Crippen molar-refractivity contribution in [1.29, 1.82) is 0 Å². The highest BCUT2D eigenvalue weighted by Crippen LogP contribution is 2.22. The Kier molecular flexibility index (Phi) is 4.41. The first-order valence-electron chi connectivity index (χ1n) is 5.80. The lowest BCUT2D eigenvalue weighted by molar-refractivity contribution is 0.271. The van der Waals surface area contributed by atoms with Crippen molar-refractivity contribution in [3.63, 3.8) is 0 Å². The van der Waals surface area contributed by atoms with Crippen molar-refractivity contribution < 1.29 is 0 Å². The summed E-state index contributed by atoms with van der Waals surface area (Å²) in [4.78, 5) is 2.41. The Morgan fingerprint density at radius 2 is 2.44 bits per heavy atom. The molecule has 0 aliphatic carbocycles. The maximum absolute atomic E-state index is 3.58. The molecule has 1 aliphatic rings. The van der Waals surface area contributed by atoms with E-state index in [1.807, 2.05) is 0 Å². The fourth-order valence-electron chi connectivity index (χ4n) is 2.28. The Balaban J connectivity index is 1.82. The van der Waals surface area contributed by atoms with Crippen molar-refractivity contribution in [3.8, 4) is 0 Å². The van der Waals surface area contributed by atoms with Crippen molar-refractivity contribution in [1.82, 2.24) is 10.2 Å². The molecule has 0 bridgehead atoms. The Morgan fingerprint density at radius 3 is 3.00 bits per heavy atom. The molecule has 2 rings (SSSR count). The summed E-state index contributed by atoms with van der Waals surface area (Å²) in [6, 6.07) is 2.89. The molecule has 2 heterocycles. The second-order valence-corrected chi connectivity index (χ2v) is 7.07. The zero-order chi connectivity index (χ0) is 11.5. The van der Waals surface area contributed by atoms with Gasteiger partial charge in [-0.25, -0.2) is 0 Å². The van der Waals surface area contributed by atoms with Crippen LogP contribution in [0.4, 0.5) is 0 Å². The summed E-state index contributed by atoms with van der Waals surface area (Å²) in [6.07, 6.45) is 1.32. The van der Waals surface area contributed by atoms with E-state index in [1.54, 1.807) is 11.3 Å². The topological polar surface area (TPSA) is 15.3 Å². The van der Waals surface area contributed by atoms with Crippen molar-refractivity contribution >= 4 is 27.3 Å². The molecule has 1 saturated heterocycles. The maximum atomic E-state index is 3.58. The van der Waals surface area contributed by atoms with Gasteiger partial charge in [0.1, 0.15) is 0 Å². The molecule has 4 heteroatoms. The van der Waals surface area contributed by atoms with Crippen LogP contribution in [-0.4, -0.2) is 31.1 Å². The van der Waals surface area contributed by atoms with Gasteiger partial charge in [0.15, 0.2) is 0 Å². The van der Waals surface area contributed by atoms with Crippen LogP contribution in [-0.2, 0) is 6.54 Å². The van der Waals surface area contributed by atoms with Crippen molar-refractivity contribution in [2.75, 3.05) is 20.1 Å². The lowest BCUT2D eigenvalue weighted by atomic mass is 10.0. The van der Waals surface area contributed by atoms with Gasteiger partial charge < -0.3 is 10.2 Å². The number of nitrogens with one attached hydrogen (secondary N) is 1. The SMILES string of the molecule is CC1CCNC1CN(C)Cc1csc(Br)c1. The zero-order valence-corrected chi connectivity index (χ0v) is 12.3. The van der Waals surface area contributed by atoms with Crippen molar-refractivity contribution in [2.45, 2.75) is 25.9 Å². The van der Waals surface area contributed by atoms with E-state index in [0.717, 1.165) is 19.0 Å². The minimum Gasteiger partial charge on any atom is -0.312 e. The van der Waals surface area contributed by atoms with Crippen LogP contribution in [0, 0.1) is 5.92 Å².